The van der Waals surface area contributed by atoms with E-state index in [-0.39, 0.29) is 5.41 Å². The van der Waals surface area contributed by atoms with Gasteiger partial charge >= 0.3 is 0 Å². The molecule has 3 rings (SSSR count). The fourth-order valence-electron chi connectivity index (χ4n) is 3.24. The van der Waals surface area contributed by atoms with E-state index in [2.05, 4.69) is 75.4 Å². The van der Waals surface area contributed by atoms with Gasteiger partial charge in [-0.25, -0.2) is 0 Å². The SMILES string of the molecule is CCC=C1c2ccccc2C(C)(C)c2ccccc21. The molecule has 0 amide bonds. The van der Waals surface area contributed by atoms with Crippen molar-refractivity contribution in [1.82, 2.24) is 0 Å². The summed E-state index contributed by atoms with van der Waals surface area (Å²) in [6.07, 6.45) is 3.42. The number of fused-ring (bicyclic) bond motifs is 2. The number of rotatable bonds is 1. The molecule has 0 spiro atoms. The Labute approximate surface area is 115 Å². The van der Waals surface area contributed by atoms with Gasteiger partial charge in [-0.3, -0.25) is 0 Å². The third kappa shape index (κ3) is 1.74. The molecule has 0 N–H and O–H groups in total. The van der Waals surface area contributed by atoms with E-state index >= 15 is 0 Å². The van der Waals surface area contributed by atoms with E-state index < -0.39 is 0 Å². The molecule has 0 unspecified atom stereocenters. The van der Waals surface area contributed by atoms with Crippen molar-refractivity contribution in [3.05, 3.63) is 76.9 Å². The molecule has 1 aliphatic rings. The lowest BCUT2D eigenvalue weighted by molar-refractivity contribution is 0.630. The number of allylic oxidation sites excluding steroid dienone is 1. The molecule has 0 heterocycles. The molecule has 0 saturated carbocycles. The standard InChI is InChI=1S/C19H20/c1-4-9-14-15-10-5-7-12-17(15)19(2,3)18-13-8-6-11-16(14)18/h5-13H,4H2,1-3H3. The second-order valence-electron chi connectivity index (χ2n) is 5.74. The number of hydrogen-bond acceptors (Lipinski definition) is 0. The fourth-order valence-corrected chi connectivity index (χ4v) is 3.24. The average molecular weight is 248 g/mol. The maximum atomic E-state index is 2.35. The third-order valence-corrected chi connectivity index (χ3v) is 4.19. The quantitative estimate of drug-likeness (QED) is 0.653. The van der Waals surface area contributed by atoms with E-state index in [0.29, 0.717) is 0 Å². The van der Waals surface area contributed by atoms with E-state index in [9.17, 15) is 0 Å². The van der Waals surface area contributed by atoms with Crippen LogP contribution in [0.25, 0.3) is 5.57 Å². The molecular formula is C19H20. The van der Waals surface area contributed by atoms with Crippen LogP contribution in [-0.2, 0) is 5.41 Å². The minimum Gasteiger partial charge on any atom is -0.0763 e. The van der Waals surface area contributed by atoms with Gasteiger partial charge < -0.3 is 0 Å². The Morgan fingerprint density at radius 1 is 0.842 bits per heavy atom. The van der Waals surface area contributed by atoms with Crippen LogP contribution in [0.3, 0.4) is 0 Å². The zero-order chi connectivity index (χ0) is 13.5. The van der Waals surface area contributed by atoms with Gasteiger partial charge in [0, 0.05) is 5.41 Å². The summed E-state index contributed by atoms with van der Waals surface area (Å²) in [6.45, 7) is 6.86. The van der Waals surface area contributed by atoms with Crippen LogP contribution in [0, 0.1) is 0 Å². The van der Waals surface area contributed by atoms with E-state index in [1.54, 1.807) is 0 Å². The molecule has 0 atom stereocenters. The topological polar surface area (TPSA) is 0 Å². The first kappa shape index (κ1) is 12.2. The van der Waals surface area contributed by atoms with Gasteiger partial charge in [0.15, 0.2) is 0 Å². The first-order chi connectivity index (χ1) is 9.16. The van der Waals surface area contributed by atoms with Gasteiger partial charge in [0.05, 0.1) is 0 Å². The van der Waals surface area contributed by atoms with Crippen molar-refractivity contribution in [1.29, 1.82) is 0 Å². The highest BCUT2D eigenvalue weighted by Gasteiger charge is 2.33. The first-order valence-corrected chi connectivity index (χ1v) is 7.06. The van der Waals surface area contributed by atoms with E-state index in [4.69, 9.17) is 0 Å². The minimum absolute atomic E-state index is 0.0816. The highest BCUT2D eigenvalue weighted by atomic mass is 14.4. The average Bonchev–Trinajstić information content (AvgIpc) is 2.44. The summed E-state index contributed by atoms with van der Waals surface area (Å²) in [5.74, 6) is 0. The second-order valence-corrected chi connectivity index (χ2v) is 5.74. The lowest BCUT2D eigenvalue weighted by atomic mass is 9.67. The summed E-state index contributed by atoms with van der Waals surface area (Å²) in [6, 6.07) is 17.7. The van der Waals surface area contributed by atoms with Crippen LogP contribution in [-0.4, -0.2) is 0 Å². The molecule has 0 fully saturated rings. The Morgan fingerprint density at radius 2 is 1.32 bits per heavy atom. The highest BCUT2D eigenvalue weighted by molar-refractivity contribution is 5.87. The van der Waals surface area contributed by atoms with Crippen LogP contribution < -0.4 is 0 Å². The third-order valence-electron chi connectivity index (χ3n) is 4.19. The van der Waals surface area contributed by atoms with Gasteiger partial charge in [0.1, 0.15) is 0 Å². The predicted octanol–water partition coefficient (Wildman–Crippen LogP) is 5.17. The number of hydrogen-bond donors (Lipinski definition) is 0. The molecular weight excluding hydrogens is 228 g/mol. The van der Waals surface area contributed by atoms with Crippen molar-refractivity contribution in [3.63, 3.8) is 0 Å². The second kappa shape index (κ2) is 4.38. The van der Waals surface area contributed by atoms with Crippen molar-refractivity contribution in [3.8, 4) is 0 Å². The summed E-state index contributed by atoms with van der Waals surface area (Å²) in [7, 11) is 0. The molecule has 0 nitrogen and oxygen atoms in total. The number of benzene rings is 2. The molecule has 0 radical (unpaired) electrons. The molecule has 0 saturated heterocycles. The zero-order valence-corrected chi connectivity index (χ0v) is 11.9. The Morgan fingerprint density at radius 3 is 1.79 bits per heavy atom. The molecule has 0 aliphatic heterocycles. The molecule has 0 heteroatoms. The van der Waals surface area contributed by atoms with Crippen LogP contribution in [0.4, 0.5) is 0 Å². The van der Waals surface area contributed by atoms with Crippen molar-refractivity contribution in [2.75, 3.05) is 0 Å². The fraction of sp³-hybridized carbons (Fsp3) is 0.263. The van der Waals surface area contributed by atoms with Crippen LogP contribution in [0.15, 0.2) is 54.6 Å². The predicted molar refractivity (Wildman–Crippen MR) is 82.4 cm³/mol. The molecule has 96 valence electrons. The lowest BCUT2D eigenvalue weighted by Gasteiger charge is -2.36. The van der Waals surface area contributed by atoms with Gasteiger partial charge in [-0.1, -0.05) is 75.4 Å². The highest BCUT2D eigenvalue weighted by Crippen LogP contribution is 2.46. The Hall–Kier alpha value is -1.82. The normalized spacial score (nSPS) is 15.6. The van der Waals surface area contributed by atoms with Crippen molar-refractivity contribution in [2.24, 2.45) is 0 Å². The summed E-state index contributed by atoms with van der Waals surface area (Å²) >= 11 is 0. The lowest BCUT2D eigenvalue weighted by Crippen LogP contribution is -2.26. The molecule has 0 bridgehead atoms. The van der Waals surface area contributed by atoms with Crippen LogP contribution in [0.5, 0.6) is 0 Å². The van der Waals surface area contributed by atoms with Crippen molar-refractivity contribution in [2.45, 2.75) is 32.6 Å². The van der Waals surface area contributed by atoms with Gasteiger partial charge in [0.25, 0.3) is 0 Å². The van der Waals surface area contributed by atoms with E-state index in [0.717, 1.165) is 6.42 Å². The Kier molecular flexibility index (Phi) is 2.82. The monoisotopic (exact) mass is 248 g/mol. The Balaban J connectivity index is 2.37. The maximum absolute atomic E-state index is 2.35. The molecule has 1 aliphatic carbocycles. The molecule has 2 aromatic rings. The van der Waals surface area contributed by atoms with E-state index in [1.807, 2.05) is 0 Å². The van der Waals surface area contributed by atoms with Crippen LogP contribution >= 0.6 is 0 Å². The van der Waals surface area contributed by atoms with Gasteiger partial charge in [-0.05, 0) is 34.2 Å². The summed E-state index contributed by atoms with van der Waals surface area (Å²) in [5, 5.41) is 0. The zero-order valence-electron chi connectivity index (χ0n) is 11.9. The smallest absolute Gasteiger partial charge is 0.0158 e. The van der Waals surface area contributed by atoms with Crippen molar-refractivity contribution >= 4 is 5.57 Å². The summed E-state index contributed by atoms with van der Waals surface area (Å²) in [5.41, 5.74) is 7.15. The van der Waals surface area contributed by atoms with Gasteiger partial charge in [-0.15, -0.1) is 0 Å². The molecule has 0 aromatic heterocycles. The minimum atomic E-state index is 0.0816. The van der Waals surface area contributed by atoms with Crippen molar-refractivity contribution < 1.29 is 0 Å². The molecule has 19 heavy (non-hydrogen) atoms. The van der Waals surface area contributed by atoms with Crippen LogP contribution in [0.2, 0.25) is 0 Å². The van der Waals surface area contributed by atoms with Crippen LogP contribution in [0.1, 0.15) is 49.4 Å². The van der Waals surface area contributed by atoms with Gasteiger partial charge in [0.2, 0.25) is 0 Å². The summed E-state index contributed by atoms with van der Waals surface area (Å²) < 4.78 is 0. The Bertz CT molecular complexity index is 593. The van der Waals surface area contributed by atoms with E-state index in [1.165, 1.54) is 27.8 Å². The maximum Gasteiger partial charge on any atom is 0.0158 e. The first-order valence-electron chi connectivity index (χ1n) is 7.06. The molecule has 2 aromatic carbocycles. The summed E-state index contributed by atoms with van der Waals surface area (Å²) in [4.78, 5) is 0. The van der Waals surface area contributed by atoms with Gasteiger partial charge in [-0.2, -0.15) is 0 Å². The largest absolute Gasteiger partial charge is 0.0763 e.